The second kappa shape index (κ2) is 9.94. The molecule has 0 saturated carbocycles. The van der Waals surface area contributed by atoms with E-state index < -0.39 is 0 Å². The zero-order valence-electron chi connectivity index (χ0n) is 14.1. The van der Waals surface area contributed by atoms with Gasteiger partial charge in [-0.2, -0.15) is 0 Å². The number of para-hydroxylation sites is 1. The van der Waals surface area contributed by atoms with Crippen molar-refractivity contribution in [2.75, 3.05) is 17.7 Å². The maximum absolute atomic E-state index is 12.0. The van der Waals surface area contributed by atoms with Crippen LogP contribution in [0, 0.1) is 0 Å². The summed E-state index contributed by atoms with van der Waals surface area (Å²) in [5.74, 6) is 1.69. The summed E-state index contributed by atoms with van der Waals surface area (Å²) < 4.78 is 6.50. The number of carbonyl (C=O) groups excluding carboxylic acids is 1. The Bertz CT molecular complexity index is 810. The average Bonchev–Trinajstić information content (AvgIpc) is 3.10. The van der Waals surface area contributed by atoms with Gasteiger partial charge >= 0.3 is 0 Å². The van der Waals surface area contributed by atoms with Crippen LogP contribution < -0.4 is 10.1 Å². The topological polar surface area (TPSA) is 64.1 Å². The van der Waals surface area contributed by atoms with Crippen LogP contribution in [-0.2, 0) is 11.2 Å². The molecule has 0 unspecified atom stereocenters. The van der Waals surface area contributed by atoms with Crippen molar-refractivity contribution in [3.8, 4) is 5.75 Å². The van der Waals surface area contributed by atoms with E-state index in [1.54, 1.807) is 11.8 Å². The lowest BCUT2D eigenvalue weighted by Crippen LogP contribution is -2.14. The highest BCUT2D eigenvalue weighted by molar-refractivity contribution is 8.01. The van der Waals surface area contributed by atoms with Gasteiger partial charge in [0.1, 0.15) is 5.75 Å². The Morgan fingerprint density at radius 1 is 1.04 bits per heavy atom. The summed E-state index contributed by atoms with van der Waals surface area (Å²) in [6.45, 7) is 0.663. The molecule has 1 aromatic heterocycles. The minimum Gasteiger partial charge on any atom is -0.494 e. The van der Waals surface area contributed by atoms with Gasteiger partial charge in [0.15, 0.2) is 4.34 Å². The Morgan fingerprint density at radius 3 is 2.54 bits per heavy atom. The van der Waals surface area contributed by atoms with Crippen LogP contribution in [0.25, 0.3) is 0 Å². The van der Waals surface area contributed by atoms with E-state index in [1.165, 1.54) is 11.3 Å². The number of aromatic nitrogens is 2. The van der Waals surface area contributed by atoms with Gasteiger partial charge in [0, 0.05) is 5.75 Å². The van der Waals surface area contributed by atoms with Gasteiger partial charge in [0.05, 0.1) is 13.0 Å². The minimum atomic E-state index is -0.0832. The van der Waals surface area contributed by atoms with Crippen LogP contribution in [0.3, 0.4) is 0 Å². The molecule has 7 heteroatoms. The molecule has 0 aliphatic heterocycles. The summed E-state index contributed by atoms with van der Waals surface area (Å²) in [5, 5.41) is 11.5. The summed E-state index contributed by atoms with van der Waals surface area (Å²) in [5.41, 5.74) is 0.975. The van der Waals surface area contributed by atoms with Crippen LogP contribution in [-0.4, -0.2) is 28.5 Å². The first-order valence-electron chi connectivity index (χ1n) is 8.27. The molecule has 0 bridgehead atoms. The quantitative estimate of drug-likeness (QED) is 0.338. The molecule has 5 nitrogen and oxygen atoms in total. The fourth-order valence-electron chi connectivity index (χ4n) is 2.19. The molecule has 0 radical (unpaired) electrons. The summed E-state index contributed by atoms with van der Waals surface area (Å²) >= 11 is 3.02. The van der Waals surface area contributed by atoms with Gasteiger partial charge in [-0.1, -0.05) is 71.6 Å². The highest BCUT2D eigenvalue weighted by Gasteiger charge is 2.09. The number of carbonyl (C=O) groups is 1. The Balaban J connectivity index is 1.36. The van der Waals surface area contributed by atoms with Gasteiger partial charge in [-0.15, -0.1) is 10.2 Å². The number of nitrogens with one attached hydrogen (secondary N) is 1. The number of nitrogens with zero attached hydrogens (tertiary/aromatic N) is 2. The van der Waals surface area contributed by atoms with Gasteiger partial charge in [0.25, 0.3) is 0 Å². The summed E-state index contributed by atoms with van der Waals surface area (Å²) in [6, 6.07) is 19.4. The largest absolute Gasteiger partial charge is 0.494 e. The number of anilines is 1. The Hall–Kier alpha value is -2.38. The standard InChI is InChI=1S/C19H19N3O2S2/c23-17(14-15-8-3-1-4-9-15)20-18-21-22-19(26-18)25-13-7-12-24-16-10-5-2-6-11-16/h1-6,8-11H,7,12-14H2,(H,20,21,23). The molecule has 1 heterocycles. The number of rotatable bonds is 9. The zero-order chi connectivity index (χ0) is 18.0. The lowest BCUT2D eigenvalue weighted by Gasteiger charge is -2.04. The number of amides is 1. The molecule has 1 N–H and O–H groups in total. The van der Waals surface area contributed by atoms with E-state index in [4.69, 9.17) is 4.74 Å². The molecule has 0 spiro atoms. The second-order valence-electron chi connectivity index (χ2n) is 5.45. The SMILES string of the molecule is O=C(Cc1ccccc1)Nc1nnc(SCCCOc2ccccc2)s1. The van der Waals surface area contributed by atoms with Crippen molar-refractivity contribution in [1.82, 2.24) is 10.2 Å². The van der Waals surface area contributed by atoms with Gasteiger partial charge in [-0.3, -0.25) is 4.79 Å². The van der Waals surface area contributed by atoms with Gasteiger partial charge < -0.3 is 10.1 Å². The Labute approximate surface area is 160 Å². The summed E-state index contributed by atoms with van der Waals surface area (Å²) in [7, 11) is 0. The van der Waals surface area contributed by atoms with Gasteiger partial charge in [-0.25, -0.2) is 0 Å². The van der Waals surface area contributed by atoms with Crippen LogP contribution in [0.5, 0.6) is 5.75 Å². The third-order valence-corrected chi connectivity index (χ3v) is 5.44. The van der Waals surface area contributed by atoms with Crippen molar-refractivity contribution in [2.24, 2.45) is 0 Å². The maximum Gasteiger partial charge on any atom is 0.230 e. The zero-order valence-corrected chi connectivity index (χ0v) is 15.8. The highest BCUT2D eigenvalue weighted by atomic mass is 32.2. The van der Waals surface area contributed by atoms with Crippen LogP contribution in [0.2, 0.25) is 0 Å². The third kappa shape index (κ3) is 6.16. The van der Waals surface area contributed by atoms with E-state index in [1.807, 2.05) is 60.7 Å². The van der Waals surface area contributed by atoms with E-state index in [0.717, 1.165) is 27.8 Å². The molecule has 0 aliphatic carbocycles. The molecular weight excluding hydrogens is 366 g/mol. The van der Waals surface area contributed by atoms with Gasteiger partial charge in [-0.05, 0) is 24.1 Å². The van der Waals surface area contributed by atoms with E-state index >= 15 is 0 Å². The summed E-state index contributed by atoms with van der Waals surface area (Å²) in [4.78, 5) is 12.0. The fourth-order valence-corrected chi connectivity index (χ4v) is 3.94. The molecule has 3 rings (SSSR count). The van der Waals surface area contributed by atoms with Crippen LogP contribution in [0.15, 0.2) is 65.0 Å². The minimum absolute atomic E-state index is 0.0832. The van der Waals surface area contributed by atoms with E-state index in [2.05, 4.69) is 15.5 Å². The molecule has 0 atom stereocenters. The molecule has 134 valence electrons. The number of hydrogen-bond acceptors (Lipinski definition) is 6. The van der Waals surface area contributed by atoms with Crippen molar-refractivity contribution < 1.29 is 9.53 Å². The lowest BCUT2D eigenvalue weighted by molar-refractivity contribution is -0.115. The predicted molar refractivity (Wildman–Crippen MR) is 106 cm³/mol. The van der Waals surface area contributed by atoms with Crippen molar-refractivity contribution in [2.45, 2.75) is 17.2 Å². The Morgan fingerprint density at radius 2 is 1.77 bits per heavy atom. The maximum atomic E-state index is 12.0. The first-order valence-corrected chi connectivity index (χ1v) is 10.1. The first kappa shape index (κ1) is 18.4. The normalized spacial score (nSPS) is 10.5. The van der Waals surface area contributed by atoms with Crippen LogP contribution >= 0.6 is 23.1 Å². The second-order valence-corrected chi connectivity index (χ2v) is 7.77. The van der Waals surface area contributed by atoms with Crippen molar-refractivity contribution in [3.63, 3.8) is 0 Å². The van der Waals surface area contributed by atoms with Crippen molar-refractivity contribution in [3.05, 3.63) is 66.2 Å². The lowest BCUT2D eigenvalue weighted by atomic mass is 10.1. The fraction of sp³-hybridized carbons (Fsp3) is 0.211. The number of thioether (sulfide) groups is 1. The molecule has 2 aromatic carbocycles. The Kier molecular flexibility index (Phi) is 7.04. The summed E-state index contributed by atoms with van der Waals surface area (Å²) in [6.07, 6.45) is 1.24. The number of ether oxygens (including phenoxy) is 1. The molecule has 0 saturated heterocycles. The number of hydrogen-bond donors (Lipinski definition) is 1. The van der Waals surface area contributed by atoms with Crippen molar-refractivity contribution >= 4 is 34.1 Å². The average molecular weight is 386 g/mol. The highest BCUT2D eigenvalue weighted by Crippen LogP contribution is 2.26. The molecule has 0 fully saturated rings. The van der Waals surface area contributed by atoms with E-state index in [0.29, 0.717) is 18.2 Å². The molecule has 1 amide bonds. The van der Waals surface area contributed by atoms with Crippen molar-refractivity contribution in [1.29, 1.82) is 0 Å². The van der Waals surface area contributed by atoms with Gasteiger partial charge in [0.2, 0.25) is 11.0 Å². The smallest absolute Gasteiger partial charge is 0.230 e. The molecule has 26 heavy (non-hydrogen) atoms. The molecular formula is C19H19N3O2S2. The first-order chi connectivity index (χ1) is 12.8. The molecule has 3 aromatic rings. The van der Waals surface area contributed by atoms with E-state index in [-0.39, 0.29) is 5.91 Å². The number of benzene rings is 2. The monoisotopic (exact) mass is 385 g/mol. The van der Waals surface area contributed by atoms with Crippen LogP contribution in [0.1, 0.15) is 12.0 Å². The predicted octanol–water partition coefficient (Wildman–Crippen LogP) is 4.28. The van der Waals surface area contributed by atoms with E-state index in [9.17, 15) is 4.79 Å². The third-order valence-electron chi connectivity index (χ3n) is 3.39. The van der Waals surface area contributed by atoms with Crippen LogP contribution in [0.4, 0.5) is 5.13 Å². The molecule has 0 aliphatic rings.